The average molecular weight is 331 g/mol. The highest BCUT2D eigenvalue weighted by Crippen LogP contribution is 2.46. The van der Waals surface area contributed by atoms with Crippen LogP contribution in [0, 0.1) is 0 Å². The molecule has 0 aliphatic rings. The van der Waals surface area contributed by atoms with E-state index < -0.39 is 35.0 Å². The Morgan fingerprint density at radius 3 is 2.29 bits per heavy atom. The van der Waals surface area contributed by atoms with Crippen LogP contribution in [-0.2, 0) is 5.92 Å². The van der Waals surface area contributed by atoms with Crippen molar-refractivity contribution in [1.29, 1.82) is 0 Å². The molecule has 0 aliphatic carbocycles. The third-order valence-corrected chi connectivity index (χ3v) is 2.93. The Balaban J connectivity index is 2.68. The van der Waals surface area contributed by atoms with Gasteiger partial charge >= 0.3 is 18.3 Å². The van der Waals surface area contributed by atoms with Crippen molar-refractivity contribution in [1.82, 2.24) is 0 Å². The van der Waals surface area contributed by atoms with E-state index in [0.29, 0.717) is 0 Å². The Bertz CT molecular complexity index is 740. The highest BCUT2D eigenvalue weighted by atomic mass is 35.5. The summed E-state index contributed by atoms with van der Waals surface area (Å²) in [5, 5.41) is -0.144. The monoisotopic (exact) mass is 330 g/mol. The summed E-state index contributed by atoms with van der Waals surface area (Å²) in [6, 6.07) is 3.30. The molecular weight excluding hydrogens is 326 g/mol. The number of fused-ring (bicyclic) bond motifs is 1. The summed E-state index contributed by atoms with van der Waals surface area (Å²) in [5.41, 5.74) is -1.56. The zero-order valence-electron chi connectivity index (χ0n) is 9.85. The number of rotatable bonds is 3. The van der Waals surface area contributed by atoms with E-state index in [1.165, 1.54) is 6.07 Å². The first-order valence-electron chi connectivity index (χ1n) is 5.35. The van der Waals surface area contributed by atoms with Gasteiger partial charge in [-0.2, -0.15) is 17.6 Å². The predicted octanol–water partition coefficient (Wildman–Crippen LogP) is 4.44. The third-order valence-electron chi connectivity index (χ3n) is 2.69. The molecule has 0 bridgehead atoms. The fraction of sp³-hybridized carbons (Fsp3) is 0.250. The predicted molar refractivity (Wildman–Crippen MR) is 62.3 cm³/mol. The van der Waals surface area contributed by atoms with Gasteiger partial charge in [0.1, 0.15) is 5.58 Å². The van der Waals surface area contributed by atoms with Gasteiger partial charge in [-0.05, 0) is 18.2 Å². The van der Waals surface area contributed by atoms with Crippen molar-refractivity contribution in [2.45, 2.75) is 18.3 Å². The van der Waals surface area contributed by atoms with Gasteiger partial charge in [0.15, 0.2) is 11.2 Å². The highest BCUT2D eigenvalue weighted by molar-refractivity contribution is 6.31. The van der Waals surface area contributed by atoms with Crippen LogP contribution in [0.1, 0.15) is 5.76 Å². The lowest BCUT2D eigenvalue weighted by Gasteiger charge is -2.24. The lowest BCUT2D eigenvalue weighted by Crippen LogP contribution is -2.44. The molecule has 0 aliphatic heterocycles. The molecule has 114 valence electrons. The minimum absolute atomic E-state index is 0.0505. The Hall–Kier alpha value is -1.70. The maximum absolute atomic E-state index is 13.5. The van der Waals surface area contributed by atoms with Crippen molar-refractivity contribution in [3.05, 3.63) is 45.3 Å². The van der Waals surface area contributed by atoms with Crippen LogP contribution in [0.4, 0.5) is 26.3 Å². The van der Waals surface area contributed by atoms with E-state index in [1.54, 1.807) is 0 Å². The molecule has 0 amide bonds. The first kappa shape index (κ1) is 15.7. The molecule has 0 spiro atoms. The molecule has 0 unspecified atom stereocenters. The van der Waals surface area contributed by atoms with Gasteiger partial charge in [-0.1, -0.05) is 11.6 Å². The highest BCUT2D eigenvalue weighted by Gasteiger charge is 2.65. The molecule has 0 saturated heterocycles. The molecule has 9 heteroatoms. The Kier molecular flexibility index (Phi) is 3.69. The minimum atomic E-state index is -5.68. The van der Waals surface area contributed by atoms with Gasteiger partial charge in [0, 0.05) is 11.1 Å². The zero-order chi connectivity index (χ0) is 16.0. The van der Waals surface area contributed by atoms with E-state index in [4.69, 9.17) is 11.6 Å². The van der Waals surface area contributed by atoms with E-state index in [1.807, 2.05) is 0 Å². The minimum Gasteiger partial charge on any atom is -0.454 e. The molecular formula is C12H5ClF6O2. The quantitative estimate of drug-likeness (QED) is 0.779. The van der Waals surface area contributed by atoms with Crippen molar-refractivity contribution >= 4 is 22.6 Å². The molecule has 0 atom stereocenters. The molecule has 21 heavy (non-hydrogen) atoms. The van der Waals surface area contributed by atoms with Crippen molar-refractivity contribution in [3.8, 4) is 0 Å². The summed E-state index contributed by atoms with van der Waals surface area (Å²) >= 11 is 5.59. The number of benzene rings is 1. The van der Waals surface area contributed by atoms with Gasteiger partial charge in [0.25, 0.3) is 0 Å². The summed E-state index contributed by atoms with van der Waals surface area (Å²) < 4.78 is 81.5. The second-order valence-electron chi connectivity index (χ2n) is 4.11. The number of alkyl halides is 6. The van der Waals surface area contributed by atoms with E-state index in [2.05, 4.69) is 4.42 Å². The summed E-state index contributed by atoms with van der Waals surface area (Å²) in [5.74, 6) is -12.9. The van der Waals surface area contributed by atoms with Crippen LogP contribution in [0.25, 0.3) is 11.0 Å². The summed E-state index contributed by atoms with van der Waals surface area (Å²) in [6.07, 6.45) is -4.63. The average Bonchev–Trinajstić information content (AvgIpc) is 2.38. The van der Waals surface area contributed by atoms with E-state index in [9.17, 15) is 31.1 Å². The molecule has 0 saturated carbocycles. The van der Waals surface area contributed by atoms with Gasteiger partial charge in [0.05, 0.1) is 5.39 Å². The van der Waals surface area contributed by atoms with Gasteiger partial charge in [0.2, 0.25) is 0 Å². The summed E-state index contributed by atoms with van der Waals surface area (Å²) in [7, 11) is 0. The van der Waals surface area contributed by atoms with E-state index in [-0.39, 0.29) is 16.5 Å². The molecule has 1 heterocycles. The second-order valence-corrected chi connectivity index (χ2v) is 4.55. The first-order chi connectivity index (χ1) is 9.57. The third kappa shape index (κ3) is 2.48. The van der Waals surface area contributed by atoms with Crippen molar-refractivity contribution < 1.29 is 30.8 Å². The fourth-order valence-corrected chi connectivity index (χ4v) is 1.76. The maximum Gasteiger partial charge on any atom is 0.376 e. The van der Waals surface area contributed by atoms with Crippen molar-refractivity contribution in [3.63, 3.8) is 0 Å². The largest absolute Gasteiger partial charge is 0.454 e. The normalized spacial score (nSPS) is 13.1. The topological polar surface area (TPSA) is 30.2 Å². The maximum atomic E-state index is 13.5. The van der Waals surface area contributed by atoms with Crippen LogP contribution >= 0.6 is 11.6 Å². The van der Waals surface area contributed by atoms with Gasteiger partial charge < -0.3 is 4.42 Å². The van der Waals surface area contributed by atoms with Crippen LogP contribution in [-0.4, -0.2) is 12.3 Å². The molecule has 0 N–H and O–H groups in total. The standard InChI is InChI=1S/C12H5ClF6O2/c13-5-1-2-8-6(3-5)7(20)4-9(21-8)11(16,17)12(18,19)10(14)15/h1-4,10H. The smallest absolute Gasteiger partial charge is 0.376 e. The Morgan fingerprint density at radius 1 is 1.10 bits per heavy atom. The summed E-state index contributed by atoms with van der Waals surface area (Å²) in [6.45, 7) is 0. The zero-order valence-corrected chi connectivity index (χ0v) is 10.6. The molecule has 1 aromatic heterocycles. The van der Waals surface area contributed by atoms with Crippen LogP contribution in [0.3, 0.4) is 0 Å². The first-order valence-corrected chi connectivity index (χ1v) is 5.73. The van der Waals surface area contributed by atoms with Crippen molar-refractivity contribution in [2.24, 2.45) is 0 Å². The molecule has 2 nitrogen and oxygen atoms in total. The lowest BCUT2D eigenvalue weighted by atomic mass is 10.1. The van der Waals surface area contributed by atoms with Gasteiger partial charge in [-0.3, -0.25) is 4.79 Å². The number of hydrogen-bond acceptors (Lipinski definition) is 2. The second kappa shape index (κ2) is 4.94. The molecule has 2 aromatic rings. The molecule has 2 rings (SSSR count). The van der Waals surface area contributed by atoms with Crippen LogP contribution in [0.5, 0.6) is 0 Å². The van der Waals surface area contributed by atoms with Gasteiger partial charge in [-0.15, -0.1) is 0 Å². The molecule has 0 fully saturated rings. The Morgan fingerprint density at radius 2 is 1.71 bits per heavy atom. The SMILES string of the molecule is O=c1cc(C(F)(F)C(F)(F)C(F)F)oc2ccc(Cl)cc12. The van der Waals surface area contributed by atoms with Crippen LogP contribution in [0.2, 0.25) is 5.02 Å². The molecule has 1 aromatic carbocycles. The number of halogens is 7. The van der Waals surface area contributed by atoms with Crippen LogP contribution < -0.4 is 5.43 Å². The Labute approximate surface area is 117 Å². The van der Waals surface area contributed by atoms with E-state index >= 15 is 0 Å². The number of hydrogen-bond donors (Lipinski definition) is 0. The lowest BCUT2D eigenvalue weighted by molar-refractivity contribution is -0.276. The van der Waals surface area contributed by atoms with Crippen molar-refractivity contribution in [2.75, 3.05) is 0 Å². The van der Waals surface area contributed by atoms with Gasteiger partial charge in [-0.25, -0.2) is 8.78 Å². The fourth-order valence-electron chi connectivity index (χ4n) is 1.58. The van der Waals surface area contributed by atoms with Crippen LogP contribution in [0.15, 0.2) is 33.5 Å². The molecule has 0 radical (unpaired) electrons. The summed E-state index contributed by atoms with van der Waals surface area (Å²) in [4.78, 5) is 11.6. The van der Waals surface area contributed by atoms with E-state index in [0.717, 1.165) is 12.1 Å².